The molecule has 2 saturated heterocycles. The maximum atomic E-state index is 13.1. The van der Waals surface area contributed by atoms with Gasteiger partial charge in [0.05, 0.1) is 17.2 Å². The van der Waals surface area contributed by atoms with E-state index < -0.39 is 0 Å². The van der Waals surface area contributed by atoms with E-state index >= 15 is 0 Å². The maximum Gasteiger partial charge on any atom is 0.248 e. The van der Waals surface area contributed by atoms with Crippen LogP contribution < -0.4 is 4.90 Å². The van der Waals surface area contributed by atoms with E-state index in [9.17, 15) is 4.79 Å². The number of anilines is 1. The lowest BCUT2D eigenvalue weighted by molar-refractivity contribution is -0.154. The number of carbonyl (C=O) groups excluding carboxylic acids is 1. The van der Waals surface area contributed by atoms with Crippen LogP contribution >= 0.6 is 0 Å². The Morgan fingerprint density at radius 1 is 1.29 bits per heavy atom. The Labute approximate surface area is 182 Å². The van der Waals surface area contributed by atoms with Crippen LogP contribution in [0.4, 0.5) is 5.82 Å². The number of aromatic nitrogens is 2. The Morgan fingerprint density at radius 2 is 2.16 bits per heavy atom. The Balaban J connectivity index is 1.25. The molecule has 4 heterocycles. The largest absolute Gasteiger partial charge is 0.360 e. The second kappa shape index (κ2) is 7.93. The smallest absolute Gasteiger partial charge is 0.248 e. The summed E-state index contributed by atoms with van der Waals surface area (Å²) in [5.41, 5.74) is 1.28. The average Bonchev–Trinajstić information content (AvgIpc) is 2.97. The monoisotopic (exact) mass is 417 g/mol. The van der Waals surface area contributed by atoms with Gasteiger partial charge in [0.1, 0.15) is 18.5 Å². The number of hydrogen-bond acceptors (Lipinski definition) is 6. The molecule has 0 radical (unpaired) electrons. The molecule has 7 heteroatoms. The van der Waals surface area contributed by atoms with Crippen LogP contribution in [0.3, 0.4) is 0 Å². The average molecular weight is 418 g/mol. The first kappa shape index (κ1) is 20.0. The van der Waals surface area contributed by atoms with Crippen molar-refractivity contribution in [2.24, 2.45) is 5.92 Å². The van der Waals surface area contributed by atoms with Gasteiger partial charge in [0.15, 0.2) is 0 Å². The molecule has 0 spiro atoms. The molecular formula is C24H27N5O2. The summed E-state index contributed by atoms with van der Waals surface area (Å²) in [6, 6.07) is 10.3. The fourth-order valence-electron chi connectivity index (χ4n) is 5.33. The summed E-state index contributed by atoms with van der Waals surface area (Å²) in [6.07, 6.45) is 9.27. The second-order valence-corrected chi connectivity index (χ2v) is 9.04. The number of rotatable bonds is 5. The van der Waals surface area contributed by atoms with E-state index in [1.807, 2.05) is 35.4 Å². The number of ether oxygens (including phenoxy) is 1. The summed E-state index contributed by atoms with van der Waals surface area (Å²) in [6.45, 7) is 3.72. The molecule has 3 atom stereocenters. The number of hydrogen-bond donors (Lipinski definition) is 0. The third-order valence-electron chi connectivity index (χ3n) is 7.21. The van der Waals surface area contributed by atoms with E-state index in [0.717, 1.165) is 37.1 Å². The molecule has 2 aliphatic heterocycles. The van der Waals surface area contributed by atoms with Crippen LogP contribution in [0.25, 0.3) is 0 Å². The molecule has 1 aliphatic carbocycles. The Kier molecular flexibility index (Phi) is 5.11. The normalized spacial score (nSPS) is 26.3. The van der Waals surface area contributed by atoms with Crippen LogP contribution in [-0.2, 0) is 15.1 Å². The topological polar surface area (TPSA) is 82.4 Å². The highest BCUT2D eigenvalue weighted by molar-refractivity contribution is 5.78. The van der Waals surface area contributed by atoms with Gasteiger partial charge in [-0.1, -0.05) is 13.0 Å². The van der Waals surface area contributed by atoms with Gasteiger partial charge in [0.25, 0.3) is 0 Å². The molecule has 3 aliphatic rings. The first-order valence-electron chi connectivity index (χ1n) is 11.1. The van der Waals surface area contributed by atoms with Crippen LogP contribution in [0.5, 0.6) is 0 Å². The van der Waals surface area contributed by atoms with Gasteiger partial charge < -0.3 is 14.5 Å². The highest BCUT2D eigenvalue weighted by atomic mass is 16.5. The Morgan fingerprint density at radius 3 is 2.77 bits per heavy atom. The molecule has 1 amide bonds. The summed E-state index contributed by atoms with van der Waals surface area (Å²) in [7, 11) is 0. The van der Waals surface area contributed by atoms with Gasteiger partial charge in [-0.15, -0.1) is 0 Å². The van der Waals surface area contributed by atoms with E-state index in [4.69, 9.17) is 10.00 Å². The van der Waals surface area contributed by atoms with Crippen molar-refractivity contribution in [3.8, 4) is 6.07 Å². The van der Waals surface area contributed by atoms with Crippen LogP contribution in [0.1, 0.15) is 43.7 Å². The van der Waals surface area contributed by atoms with E-state index in [1.54, 1.807) is 12.4 Å². The Bertz CT molecular complexity index is 983. The second-order valence-electron chi connectivity index (χ2n) is 9.04. The predicted molar refractivity (Wildman–Crippen MR) is 115 cm³/mol. The molecule has 0 aromatic carbocycles. The number of pyridine rings is 2. The van der Waals surface area contributed by atoms with E-state index in [2.05, 4.69) is 27.9 Å². The highest BCUT2D eigenvalue weighted by Gasteiger charge is 2.47. The summed E-state index contributed by atoms with van der Waals surface area (Å²) < 4.78 is 6.23. The van der Waals surface area contributed by atoms with Gasteiger partial charge >= 0.3 is 0 Å². The lowest BCUT2D eigenvalue weighted by Gasteiger charge is -2.44. The minimum absolute atomic E-state index is 0.0618. The highest BCUT2D eigenvalue weighted by Crippen LogP contribution is 2.44. The van der Waals surface area contributed by atoms with Crippen molar-refractivity contribution in [3.05, 3.63) is 54.0 Å². The van der Waals surface area contributed by atoms with Gasteiger partial charge in [-0.25, -0.2) is 4.98 Å². The van der Waals surface area contributed by atoms with Crippen molar-refractivity contribution in [2.75, 3.05) is 24.6 Å². The van der Waals surface area contributed by atoms with E-state index in [-0.39, 0.29) is 30.2 Å². The number of nitriles is 1. The minimum atomic E-state index is -0.357. The lowest BCUT2D eigenvalue weighted by atomic mass is 9.75. The molecule has 0 N–H and O–H groups in total. The van der Waals surface area contributed by atoms with Crippen LogP contribution in [-0.4, -0.2) is 52.6 Å². The van der Waals surface area contributed by atoms with E-state index in [0.29, 0.717) is 24.6 Å². The predicted octanol–water partition coefficient (Wildman–Crippen LogP) is 2.87. The quantitative estimate of drug-likeness (QED) is 0.744. The summed E-state index contributed by atoms with van der Waals surface area (Å²) in [5.74, 6) is 1.44. The number of nitrogens with zero attached hydrogens (tertiary/aromatic N) is 5. The molecule has 7 nitrogen and oxygen atoms in total. The summed E-state index contributed by atoms with van der Waals surface area (Å²) >= 11 is 0. The van der Waals surface area contributed by atoms with Crippen molar-refractivity contribution in [2.45, 2.75) is 50.3 Å². The number of piperazine rings is 1. The number of likely N-dealkylation sites (tertiary alicyclic amines) is 1. The fraction of sp³-hybridized carbons (Fsp3) is 0.500. The third kappa shape index (κ3) is 3.55. The SMILES string of the molecule is C[C@H]1CC2CN(C(=O)COC3(c4cccnc4)CCC3)CC1N2c1ccc(C#N)cn1. The molecule has 5 rings (SSSR count). The van der Waals surface area contributed by atoms with Crippen molar-refractivity contribution >= 4 is 11.7 Å². The lowest BCUT2D eigenvalue weighted by Crippen LogP contribution is -2.57. The zero-order valence-corrected chi connectivity index (χ0v) is 17.8. The maximum absolute atomic E-state index is 13.1. The van der Waals surface area contributed by atoms with Gasteiger partial charge in [-0.3, -0.25) is 9.78 Å². The molecule has 160 valence electrons. The zero-order chi connectivity index (χ0) is 21.4. The van der Waals surface area contributed by atoms with Gasteiger partial charge in [-0.05, 0) is 49.8 Å². The number of fused-ring (bicyclic) bond motifs is 2. The van der Waals surface area contributed by atoms with Gasteiger partial charge in [0, 0.05) is 43.3 Å². The van der Waals surface area contributed by atoms with Crippen LogP contribution in [0.2, 0.25) is 0 Å². The Hall–Kier alpha value is -2.98. The molecule has 31 heavy (non-hydrogen) atoms. The molecular weight excluding hydrogens is 390 g/mol. The van der Waals surface area contributed by atoms with E-state index in [1.165, 1.54) is 0 Å². The standard InChI is InChI=1S/C24H27N5O2/c1-17-10-20-14-28(15-21(17)29(20)22-6-5-18(11-25)12-27-22)23(30)16-31-24(7-3-8-24)19-4-2-9-26-13-19/h2,4-6,9,12-13,17,20-21H,3,7-8,10,14-16H2,1H3/t17-,20?,21?/m0/s1. The number of amides is 1. The molecule has 3 fully saturated rings. The molecule has 2 bridgehead atoms. The summed E-state index contributed by atoms with van der Waals surface area (Å²) in [4.78, 5) is 26.1. The first-order chi connectivity index (χ1) is 15.1. The molecule has 2 aromatic heterocycles. The molecule has 2 unspecified atom stereocenters. The number of carbonyl (C=O) groups is 1. The molecule has 2 aromatic rings. The van der Waals surface area contributed by atoms with Crippen LogP contribution in [0, 0.1) is 17.2 Å². The van der Waals surface area contributed by atoms with Crippen molar-refractivity contribution in [1.82, 2.24) is 14.9 Å². The van der Waals surface area contributed by atoms with Crippen molar-refractivity contribution in [3.63, 3.8) is 0 Å². The van der Waals surface area contributed by atoms with Crippen molar-refractivity contribution in [1.29, 1.82) is 5.26 Å². The van der Waals surface area contributed by atoms with Crippen molar-refractivity contribution < 1.29 is 9.53 Å². The van der Waals surface area contributed by atoms with Gasteiger partial charge in [-0.2, -0.15) is 5.26 Å². The first-order valence-corrected chi connectivity index (χ1v) is 11.1. The zero-order valence-electron chi connectivity index (χ0n) is 17.8. The van der Waals surface area contributed by atoms with Gasteiger partial charge in [0.2, 0.25) is 5.91 Å². The molecule has 1 saturated carbocycles. The third-order valence-corrected chi connectivity index (χ3v) is 7.21. The summed E-state index contributed by atoms with van der Waals surface area (Å²) in [5, 5.41) is 9.03. The minimum Gasteiger partial charge on any atom is -0.360 e. The van der Waals surface area contributed by atoms with Crippen LogP contribution in [0.15, 0.2) is 42.9 Å². The fourth-order valence-corrected chi connectivity index (χ4v) is 5.33.